The van der Waals surface area contributed by atoms with Crippen molar-refractivity contribution in [1.29, 1.82) is 0 Å². The van der Waals surface area contributed by atoms with Crippen molar-refractivity contribution in [3.05, 3.63) is 36.2 Å². The van der Waals surface area contributed by atoms with Crippen molar-refractivity contribution in [2.24, 2.45) is 5.41 Å². The Labute approximate surface area is 169 Å². The van der Waals surface area contributed by atoms with E-state index >= 15 is 0 Å². The van der Waals surface area contributed by atoms with Crippen LogP contribution in [0, 0.1) is 11.2 Å². The minimum atomic E-state index is -0.440. The summed E-state index contributed by atoms with van der Waals surface area (Å²) in [6.45, 7) is 5.85. The van der Waals surface area contributed by atoms with Gasteiger partial charge in [-0.15, -0.1) is 0 Å². The van der Waals surface area contributed by atoms with E-state index in [2.05, 4.69) is 27.4 Å². The van der Waals surface area contributed by atoms with Gasteiger partial charge in [0, 0.05) is 36.8 Å². The molecule has 1 aliphatic heterocycles. The number of carbonyl (C=O) groups excluding carboxylic acids is 2. The van der Waals surface area contributed by atoms with Crippen molar-refractivity contribution in [2.45, 2.75) is 31.0 Å². The van der Waals surface area contributed by atoms with Gasteiger partial charge in [-0.1, -0.05) is 12.7 Å². The van der Waals surface area contributed by atoms with Crippen molar-refractivity contribution in [3.63, 3.8) is 0 Å². The first-order valence-electron chi connectivity index (χ1n) is 9.93. The normalized spacial score (nSPS) is 30.1. The first-order chi connectivity index (χ1) is 13.8. The molecule has 1 saturated heterocycles. The molecule has 5 rings (SSSR count). The second-order valence-electron chi connectivity index (χ2n) is 8.48. The van der Waals surface area contributed by atoms with Gasteiger partial charge in [0.15, 0.2) is 6.61 Å². The van der Waals surface area contributed by atoms with Gasteiger partial charge in [-0.2, -0.15) is 0 Å². The third-order valence-corrected chi connectivity index (χ3v) is 6.31. The fourth-order valence-corrected chi connectivity index (χ4v) is 4.73. The molecule has 1 heterocycles. The van der Waals surface area contributed by atoms with Crippen LogP contribution in [0.15, 0.2) is 24.8 Å². The lowest BCUT2D eigenvalue weighted by molar-refractivity contribution is -0.184. The number of hydrogen-bond acceptors (Lipinski definition) is 5. The molecule has 29 heavy (non-hydrogen) atoms. The summed E-state index contributed by atoms with van der Waals surface area (Å²) in [5.41, 5.74) is -0.248. The second-order valence-corrected chi connectivity index (χ2v) is 8.48. The quantitative estimate of drug-likeness (QED) is 0.601. The average molecular weight is 402 g/mol. The fourth-order valence-electron chi connectivity index (χ4n) is 4.73. The second kappa shape index (κ2) is 7.42. The standard InChI is InChI=1S/C21H27FN4O3/c1-3-14-4-5-15(8-16(14)22)29-10-18(27)25-21-11-20(12-21,13-21)19(28)24-9-17-23-6-7-26(17)2/h3-5,8,17,23H,1,6-7,9-13H2,2H3,(H,24,28)(H,25,27). The lowest BCUT2D eigenvalue weighted by Crippen LogP contribution is -2.78. The number of nitrogens with one attached hydrogen (secondary N) is 3. The molecule has 3 aliphatic carbocycles. The van der Waals surface area contributed by atoms with Crippen LogP contribution < -0.4 is 20.7 Å². The molecule has 1 aromatic carbocycles. The van der Waals surface area contributed by atoms with Crippen molar-refractivity contribution in [1.82, 2.24) is 20.9 Å². The van der Waals surface area contributed by atoms with Crippen LogP contribution >= 0.6 is 0 Å². The minimum Gasteiger partial charge on any atom is -0.484 e. The number of ether oxygens (including phenoxy) is 1. The number of halogens is 1. The molecule has 0 spiro atoms. The van der Waals surface area contributed by atoms with Crippen LogP contribution in [0.5, 0.6) is 5.75 Å². The molecule has 1 unspecified atom stereocenters. The van der Waals surface area contributed by atoms with Crippen molar-refractivity contribution >= 4 is 17.9 Å². The van der Waals surface area contributed by atoms with E-state index in [0.29, 0.717) is 37.1 Å². The highest BCUT2D eigenvalue weighted by Crippen LogP contribution is 2.67. The van der Waals surface area contributed by atoms with Crippen LogP contribution in [0.3, 0.4) is 0 Å². The summed E-state index contributed by atoms with van der Waals surface area (Å²) in [6.07, 6.45) is 3.59. The molecule has 156 valence electrons. The highest BCUT2D eigenvalue weighted by atomic mass is 19.1. The molecule has 1 atom stereocenters. The monoisotopic (exact) mass is 402 g/mol. The predicted octanol–water partition coefficient (Wildman–Crippen LogP) is 0.864. The summed E-state index contributed by atoms with van der Waals surface area (Å²) in [5, 5.41) is 9.36. The fraction of sp³-hybridized carbons (Fsp3) is 0.524. The number of benzene rings is 1. The Morgan fingerprint density at radius 2 is 2.17 bits per heavy atom. The maximum Gasteiger partial charge on any atom is 0.258 e. The van der Waals surface area contributed by atoms with Gasteiger partial charge in [-0.3, -0.25) is 19.8 Å². The highest BCUT2D eigenvalue weighted by molar-refractivity contribution is 5.89. The number of hydrogen-bond donors (Lipinski definition) is 3. The number of nitrogens with zero attached hydrogens (tertiary/aromatic N) is 1. The minimum absolute atomic E-state index is 0.0738. The topological polar surface area (TPSA) is 82.7 Å². The molecule has 3 saturated carbocycles. The first kappa shape index (κ1) is 19.8. The Hall–Kier alpha value is -2.45. The van der Waals surface area contributed by atoms with Gasteiger partial charge in [-0.05, 0) is 38.4 Å². The van der Waals surface area contributed by atoms with Gasteiger partial charge in [0.1, 0.15) is 11.6 Å². The molecule has 3 N–H and O–H groups in total. The summed E-state index contributed by atoms with van der Waals surface area (Å²) in [4.78, 5) is 26.9. The SMILES string of the molecule is C=Cc1ccc(OCC(=O)NC23CC(C(=O)NCC4NCCN4C)(C2)C3)cc1F. The number of carbonyl (C=O) groups is 2. The predicted molar refractivity (Wildman–Crippen MR) is 107 cm³/mol. The third-order valence-electron chi connectivity index (χ3n) is 6.31. The molecule has 8 heteroatoms. The van der Waals surface area contributed by atoms with Crippen LogP contribution in [0.4, 0.5) is 4.39 Å². The number of likely N-dealkylation sites (N-methyl/N-ethyl adjacent to an activating group) is 1. The Morgan fingerprint density at radius 3 is 2.79 bits per heavy atom. The molecule has 2 bridgehead atoms. The Morgan fingerprint density at radius 1 is 1.41 bits per heavy atom. The molecular formula is C21H27FN4O3. The molecule has 0 radical (unpaired) electrons. The van der Waals surface area contributed by atoms with Crippen LogP contribution in [0.1, 0.15) is 24.8 Å². The van der Waals surface area contributed by atoms with E-state index in [1.807, 2.05) is 7.05 Å². The molecular weight excluding hydrogens is 375 g/mol. The van der Waals surface area contributed by atoms with Crippen LogP contribution in [0.25, 0.3) is 6.08 Å². The summed E-state index contributed by atoms with van der Waals surface area (Å²) in [5.74, 6) is -0.333. The molecule has 1 aromatic rings. The maximum atomic E-state index is 13.7. The van der Waals surface area contributed by atoms with E-state index in [-0.39, 0.29) is 35.5 Å². The van der Waals surface area contributed by atoms with Gasteiger partial charge >= 0.3 is 0 Å². The largest absolute Gasteiger partial charge is 0.484 e. The third kappa shape index (κ3) is 3.74. The van der Waals surface area contributed by atoms with E-state index in [1.165, 1.54) is 12.1 Å². The van der Waals surface area contributed by atoms with Crippen LogP contribution in [-0.4, -0.2) is 61.7 Å². The number of rotatable bonds is 8. The molecule has 0 aromatic heterocycles. The first-order valence-corrected chi connectivity index (χ1v) is 9.93. The summed E-state index contributed by atoms with van der Waals surface area (Å²) >= 11 is 0. The van der Waals surface area contributed by atoms with E-state index in [9.17, 15) is 14.0 Å². The lowest BCUT2D eigenvalue weighted by Gasteiger charge is -2.69. The maximum absolute atomic E-state index is 13.7. The van der Waals surface area contributed by atoms with Gasteiger partial charge in [0.25, 0.3) is 5.91 Å². The lowest BCUT2D eigenvalue weighted by atomic mass is 9.39. The smallest absolute Gasteiger partial charge is 0.258 e. The Kier molecular flexibility index (Phi) is 5.08. The van der Waals surface area contributed by atoms with E-state index < -0.39 is 5.82 Å². The summed E-state index contributed by atoms with van der Waals surface area (Å²) < 4.78 is 19.1. The van der Waals surface area contributed by atoms with Crippen LogP contribution in [0.2, 0.25) is 0 Å². The van der Waals surface area contributed by atoms with E-state index in [4.69, 9.17) is 4.74 Å². The van der Waals surface area contributed by atoms with Gasteiger partial charge in [-0.25, -0.2) is 4.39 Å². The molecule has 4 fully saturated rings. The molecule has 4 aliphatic rings. The van der Waals surface area contributed by atoms with Crippen molar-refractivity contribution in [2.75, 3.05) is 33.3 Å². The Balaban J connectivity index is 1.19. The van der Waals surface area contributed by atoms with Crippen molar-refractivity contribution in [3.8, 4) is 5.75 Å². The summed E-state index contributed by atoms with van der Waals surface area (Å²) in [7, 11) is 2.03. The van der Waals surface area contributed by atoms with Crippen molar-refractivity contribution < 1.29 is 18.7 Å². The van der Waals surface area contributed by atoms with Crippen LogP contribution in [-0.2, 0) is 9.59 Å². The zero-order chi connectivity index (χ0) is 20.6. The van der Waals surface area contributed by atoms with E-state index in [0.717, 1.165) is 13.1 Å². The Bertz CT molecular complexity index is 823. The summed E-state index contributed by atoms with van der Waals surface area (Å²) in [6, 6.07) is 4.39. The molecule has 7 nitrogen and oxygen atoms in total. The number of amides is 2. The zero-order valence-corrected chi connectivity index (χ0v) is 16.6. The highest BCUT2D eigenvalue weighted by Gasteiger charge is 2.72. The van der Waals surface area contributed by atoms with Gasteiger partial charge < -0.3 is 15.4 Å². The van der Waals surface area contributed by atoms with Gasteiger partial charge in [0.2, 0.25) is 5.91 Å². The van der Waals surface area contributed by atoms with E-state index in [1.54, 1.807) is 12.1 Å². The van der Waals surface area contributed by atoms with Gasteiger partial charge in [0.05, 0.1) is 11.6 Å². The molecule has 2 amide bonds. The zero-order valence-electron chi connectivity index (χ0n) is 16.6. The average Bonchev–Trinajstić information content (AvgIpc) is 3.04.